The van der Waals surface area contributed by atoms with Crippen LogP contribution in [0.4, 0.5) is 0 Å². The van der Waals surface area contributed by atoms with Gasteiger partial charge in [-0.2, -0.15) is 0 Å². The fourth-order valence-corrected chi connectivity index (χ4v) is 3.33. The zero-order valence-corrected chi connectivity index (χ0v) is 16.4. The Morgan fingerprint density at radius 2 is 1.75 bits per heavy atom. The lowest BCUT2D eigenvalue weighted by molar-refractivity contribution is -0.138. The van der Waals surface area contributed by atoms with Crippen molar-refractivity contribution in [1.29, 1.82) is 0 Å². The van der Waals surface area contributed by atoms with Gasteiger partial charge in [-0.25, -0.2) is 0 Å². The van der Waals surface area contributed by atoms with Gasteiger partial charge in [0, 0.05) is 24.2 Å². The second-order valence-electron chi connectivity index (χ2n) is 6.38. The lowest BCUT2D eigenvalue weighted by Gasteiger charge is -2.21. The van der Waals surface area contributed by atoms with E-state index in [2.05, 4.69) is 0 Å². The van der Waals surface area contributed by atoms with E-state index in [0.29, 0.717) is 21.9 Å². The monoisotopic (exact) mass is 400 g/mol. The van der Waals surface area contributed by atoms with Crippen LogP contribution in [0, 0.1) is 0 Å². The Morgan fingerprint density at radius 1 is 1.07 bits per heavy atom. The summed E-state index contributed by atoms with van der Waals surface area (Å²) < 4.78 is 5.34. The molecule has 0 aromatic heterocycles. The first-order chi connectivity index (χ1) is 13.5. The maximum atomic E-state index is 13.2. The van der Waals surface area contributed by atoms with Crippen molar-refractivity contribution < 1.29 is 19.4 Å². The lowest BCUT2D eigenvalue weighted by Crippen LogP contribution is -2.34. The number of carbonyl (C=O) groups is 2. The number of para-hydroxylation sites is 1. The van der Waals surface area contributed by atoms with Gasteiger partial charge in [-0.15, -0.1) is 0 Å². The molecule has 28 heavy (non-hydrogen) atoms. The molecule has 7 heteroatoms. The number of rotatable bonds is 7. The van der Waals surface area contributed by atoms with Crippen LogP contribution in [0.1, 0.15) is 11.1 Å². The molecule has 3 rings (SSSR count). The molecule has 2 aromatic rings. The number of methoxy groups -OCH3 is 1. The van der Waals surface area contributed by atoms with E-state index >= 15 is 0 Å². The number of halogens is 1. The molecule has 2 amide bonds. The molecular weight excluding hydrogens is 380 g/mol. The van der Waals surface area contributed by atoms with Crippen LogP contribution in [0.2, 0.25) is 5.02 Å². The predicted molar refractivity (Wildman–Crippen MR) is 107 cm³/mol. The largest absolute Gasteiger partial charge is 0.496 e. The average molecular weight is 401 g/mol. The van der Waals surface area contributed by atoms with Gasteiger partial charge in [0.1, 0.15) is 11.4 Å². The van der Waals surface area contributed by atoms with Crippen LogP contribution in [0.15, 0.2) is 54.2 Å². The van der Waals surface area contributed by atoms with E-state index in [1.807, 2.05) is 18.2 Å². The van der Waals surface area contributed by atoms with Gasteiger partial charge >= 0.3 is 0 Å². The molecule has 0 unspecified atom stereocenters. The number of nitrogens with zero attached hydrogens (tertiary/aromatic N) is 2. The molecule has 0 aliphatic carbocycles. The molecule has 0 bridgehead atoms. The van der Waals surface area contributed by atoms with Crippen molar-refractivity contribution >= 4 is 29.0 Å². The van der Waals surface area contributed by atoms with Crippen molar-refractivity contribution in [1.82, 2.24) is 9.80 Å². The normalized spacial score (nSPS) is 14.1. The Balaban J connectivity index is 2.02. The first-order valence-corrected chi connectivity index (χ1v) is 9.16. The average Bonchev–Trinajstić information content (AvgIpc) is 2.94. The summed E-state index contributed by atoms with van der Waals surface area (Å²) in [6, 6.07) is 14.0. The highest BCUT2D eigenvalue weighted by Crippen LogP contribution is 2.33. The Labute approximate surface area is 168 Å². The second kappa shape index (κ2) is 8.46. The van der Waals surface area contributed by atoms with Crippen molar-refractivity contribution in [2.75, 3.05) is 27.3 Å². The molecule has 1 heterocycles. The SMILES string of the molecule is COc1ccccc1CN1C(=O)C(c2ccc(Cl)cc2)=C(N(C)CCO)C1=O. The molecule has 0 fully saturated rings. The number of hydrogen-bond acceptors (Lipinski definition) is 5. The molecule has 1 aliphatic rings. The highest BCUT2D eigenvalue weighted by Gasteiger charge is 2.40. The lowest BCUT2D eigenvalue weighted by atomic mass is 10.0. The molecule has 0 saturated carbocycles. The topological polar surface area (TPSA) is 70.1 Å². The summed E-state index contributed by atoms with van der Waals surface area (Å²) in [7, 11) is 3.23. The van der Waals surface area contributed by atoms with E-state index in [-0.39, 0.29) is 25.4 Å². The third kappa shape index (κ3) is 3.74. The van der Waals surface area contributed by atoms with Crippen molar-refractivity contribution in [2.24, 2.45) is 0 Å². The van der Waals surface area contributed by atoms with E-state index in [4.69, 9.17) is 16.3 Å². The summed E-state index contributed by atoms with van der Waals surface area (Å²) in [6.45, 7) is 0.186. The Bertz CT molecular complexity index is 924. The number of hydrogen-bond donors (Lipinski definition) is 1. The van der Waals surface area contributed by atoms with Gasteiger partial charge < -0.3 is 14.7 Å². The third-order valence-electron chi connectivity index (χ3n) is 4.61. The van der Waals surface area contributed by atoms with Gasteiger partial charge in [-0.1, -0.05) is 41.9 Å². The number of carbonyl (C=O) groups excluding carboxylic acids is 2. The molecular formula is C21H21ClN2O4. The standard InChI is InChI=1S/C21H21ClN2O4/c1-23(11-12-25)19-18(14-7-9-16(22)10-8-14)20(26)24(21(19)27)13-15-5-3-4-6-17(15)28-2/h3-10,25H,11-13H2,1-2H3. The zero-order chi connectivity index (χ0) is 20.3. The number of imide groups is 1. The summed E-state index contributed by atoms with van der Waals surface area (Å²) in [5.41, 5.74) is 1.89. The molecule has 1 N–H and O–H groups in total. The van der Waals surface area contributed by atoms with Gasteiger partial charge in [0.2, 0.25) is 0 Å². The predicted octanol–water partition coefficient (Wildman–Crippen LogP) is 2.55. The highest BCUT2D eigenvalue weighted by molar-refractivity contribution is 6.35. The van der Waals surface area contributed by atoms with Gasteiger partial charge in [-0.05, 0) is 23.8 Å². The number of likely N-dealkylation sites (N-methyl/N-ethyl adjacent to an activating group) is 1. The minimum atomic E-state index is -0.406. The summed E-state index contributed by atoms with van der Waals surface area (Å²) in [5.74, 6) is -0.192. The maximum absolute atomic E-state index is 13.2. The zero-order valence-electron chi connectivity index (χ0n) is 15.7. The number of benzene rings is 2. The van der Waals surface area contributed by atoms with Crippen LogP contribution in [-0.2, 0) is 16.1 Å². The molecule has 0 atom stereocenters. The molecule has 0 spiro atoms. The van der Waals surface area contributed by atoms with Crippen molar-refractivity contribution in [3.8, 4) is 5.75 Å². The summed E-state index contributed by atoms with van der Waals surface area (Å²) in [6.07, 6.45) is 0. The Hall–Kier alpha value is -2.83. The minimum absolute atomic E-state index is 0.0925. The number of aliphatic hydroxyl groups excluding tert-OH is 1. The van der Waals surface area contributed by atoms with Crippen LogP contribution in [0.25, 0.3) is 5.57 Å². The van der Waals surface area contributed by atoms with Crippen LogP contribution in [0.5, 0.6) is 5.75 Å². The molecule has 146 valence electrons. The number of ether oxygens (including phenoxy) is 1. The molecule has 0 saturated heterocycles. The fourth-order valence-electron chi connectivity index (χ4n) is 3.20. The van der Waals surface area contributed by atoms with Gasteiger partial charge in [0.15, 0.2) is 0 Å². The van der Waals surface area contributed by atoms with E-state index < -0.39 is 11.8 Å². The van der Waals surface area contributed by atoms with Crippen molar-refractivity contribution in [2.45, 2.75) is 6.54 Å². The van der Waals surface area contributed by atoms with Gasteiger partial charge in [0.05, 0.1) is 25.8 Å². The quantitative estimate of drug-likeness (QED) is 0.723. The van der Waals surface area contributed by atoms with Crippen molar-refractivity contribution in [3.63, 3.8) is 0 Å². The Kier molecular flexibility index (Phi) is 6.02. The molecule has 1 aliphatic heterocycles. The molecule has 6 nitrogen and oxygen atoms in total. The first kappa shape index (κ1) is 19.9. The van der Waals surface area contributed by atoms with Gasteiger partial charge in [0.25, 0.3) is 11.8 Å². The second-order valence-corrected chi connectivity index (χ2v) is 6.82. The molecule has 0 radical (unpaired) electrons. The maximum Gasteiger partial charge on any atom is 0.278 e. The van der Waals surface area contributed by atoms with Crippen molar-refractivity contribution in [3.05, 3.63) is 70.4 Å². The van der Waals surface area contributed by atoms with Crippen LogP contribution >= 0.6 is 11.6 Å². The Morgan fingerprint density at radius 3 is 2.39 bits per heavy atom. The van der Waals surface area contributed by atoms with Crippen LogP contribution < -0.4 is 4.74 Å². The fraction of sp³-hybridized carbons (Fsp3) is 0.238. The number of aliphatic hydroxyl groups is 1. The summed E-state index contributed by atoms with van der Waals surface area (Å²) in [5, 5.41) is 9.84. The molecule has 2 aromatic carbocycles. The smallest absolute Gasteiger partial charge is 0.278 e. The van der Waals surface area contributed by atoms with Crippen LogP contribution in [0.3, 0.4) is 0 Å². The van der Waals surface area contributed by atoms with Gasteiger partial charge in [-0.3, -0.25) is 14.5 Å². The first-order valence-electron chi connectivity index (χ1n) is 8.78. The highest BCUT2D eigenvalue weighted by atomic mass is 35.5. The third-order valence-corrected chi connectivity index (χ3v) is 4.87. The minimum Gasteiger partial charge on any atom is -0.496 e. The summed E-state index contributed by atoms with van der Waals surface area (Å²) >= 11 is 5.97. The van der Waals surface area contributed by atoms with E-state index in [1.54, 1.807) is 49.4 Å². The summed E-state index contributed by atoms with van der Waals surface area (Å²) in [4.78, 5) is 29.2. The van der Waals surface area contributed by atoms with Crippen LogP contribution in [-0.4, -0.2) is 54.0 Å². The van der Waals surface area contributed by atoms with E-state index in [9.17, 15) is 14.7 Å². The van der Waals surface area contributed by atoms with E-state index in [1.165, 1.54) is 4.90 Å². The number of amides is 2. The van der Waals surface area contributed by atoms with E-state index in [0.717, 1.165) is 5.56 Å².